The lowest BCUT2D eigenvalue weighted by molar-refractivity contribution is -0.142. The molecule has 2 N–H and O–H groups in total. The Labute approximate surface area is 92.8 Å². The summed E-state index contributed by atoms with van der Waals surface area (Å²) in [5.74, 6) is -0.532. The van der Waals surface area contributed by atoms with E-state index in [0.717, 1.165) is 0 Å². The predicted octanol–water partition coefficient (Wildman–Crippen LogP) is 1.33. The molecule has 0 aliphatic heterocycles. The smallest absolute Gasteiger partial charge is 0.327 e. The number of esters is 1. The Hall–Kier alpha value is -0.840. The summed E-state index contributed by atoms with van der Waals surface area (Å²) in [7, 11) is 1.27. The molecule has 1 rings (SSSR count). The Morgan fingerprint density at radius 1 is 1.71 bits per heavy atom. The van der Waals surface area contributed by atoms with Crippen molar-refractivity contribution in [3.05, 3.63) is 29.0 Å². The first-order valence-electron chi connectivity index (χ1n) is 3.60. The minimum atomic E-state index is -0.869. The van der Waals surface area contributed by atoms with Gasteiger partial charge in [-0.3, -0.25) is 4.79 Å². The number of rotatable bonds is 2. The molecule has 1 aromatic rings. The van der Waals surface area contributed by atoms with E-state index >= 15 is 0 Å². The fourth-order valence-corrected chi connectivity index (χ4v) is 1.12. The first-order chi connectivity index (χ1) is 6.16. The van der Waals surface area contributed by atoms with Crippen molar-refractivity contribution >= 4 is 30.0 Å². The summed E-state index contributed by atoms with van der Waals surface area (Å²) in [5, 5.41) is 0.223. The quantitative estimate of drug-likeness (QED) is 0.622. The molecule has 0 fully saturated rings. The van der Waals surface area contributed by atoms with Crippen molar-refractivity contribution in [1.82, 2.24) is 4.98 Å². The van der Waals surface area contributed by atoms with Crippen LogP contribution in [0.2, 0.25) is 5.15 Å². The molecule has 1 heterocycles. The van der Waals surface area contributed by atoms with Crippen LogP contribution in [0.1, 0.15) is 11.6 Å². The molecule has 1 aromatic heterocycles. The Bertz CT molecular complexity index is 320. The number of hydrogen-bond donors (Lipinski definition) is 1. The van der Waals surface area contributed by atoms with E-state index in [1.54, 1.807) is 12.1 Å². The lowest BCUT2D eigenvalue weighted by atomic mass is 10.1. The van der Waals surface area contributed by atoms with Gasteiger partial charge in [0.2, 0.25) is 0 Å². The molecule has 14 heavy (non-hydrogen) atoms. The van der Waals surface area contributed by atoms with Crippen LogP contribution < -0.4 is 5.73 Å². The molecule has 1 atom stereocenters. The molecular weight excluding hydrogens is 227 g/mol. The van der Waals surface area contributed by atoms with Gasteiger partial charge >= 0.3 is 5.97 Å². The summed E-state index contributed by atoms with van der Waals surface area (Å²) in [5.41, 5.74) is 6.02. The lowest BCUT2D eigenvalue weighted by Gasteiger charge is -2.09. The van der Waals surface area contributed by atoms with Gasteiger partial charge in [-0.2, -0.15) is 0 Å². The van der Waals surface area contributed by atoms with Crippen molar-refractivity contribution in [1.29, 1.82) is 0 Å². The highest BCUT2D eigenvalue weighted by Gasteiger charge is 2.18. The summed E-state index contributed by atoms with van der Waals surface area (Å²) in [4.78, 5) is 14.8. The third-order valence-electron chi connectivity index (χ3n) is 1.58. The lowest BCUT2D eigenvalue weighted by Crippen LogP contribution is -2.23. The second-order valence-electron chi connectivity index (χ2n) is 2.38. The maximum absolute atomic E-state index is 11.0. The second kappa shape index (κ2) is 5.80. The van der Waals surface area contributed by atoms with E-state index in [1.807, 2.05) is 0 Å². The number of carbonyl (C=O) groups is 1. The van der Waals surface area contributed by atoms with Gasteiger partial charge in [0.05, 0.1) is 7.11 Å². The van der Waals surface area contributed by atoms with Crippen molar-refractivity contribution in [2.24, 2.45) is 5.73 Å². The Balaban J connectivity index is 0.00000169. The number of ether oxygens (including phenoxy) is 1. The van der Waals surface area contributed by atoms with Gasteiger partial charge in [0.25, 0.3) is 0 Å². The van der Waals surface area contributed by atoms with Gasteiger partial charge in [-0.1, -0.05) is 17.7 Å². The van der Waals surface area contributed by atoms with Crippen LogP contribution in [0, 0.1) is 0 Å². The van der Waals surface area contributed by atoms with E-state index in [9.17, 15) is 4.79 Å². The number of nitrogens with zero attached hydrogens (tertiary/aromatic N) is 1. The second-order valence-corrected chi connectivity index (χ2v) is 2.74. The minimum Gasteiger partial charge on any atom is -0.468 e. The fourth-order valence-electron chi connectivity index (χ4n) is 0.884. The van der Waals surface area contributed by atoms with Crippen LogP contribution in [0.5, 0.6) is 0 Å². The van der Waals surface area contributed by atoms with Gasteiger partial charge in [-0.25, -0.2) is 4.98 Å². The number of hydrogen-bond acceptors (Lipinski definition) is 4. The SMILES string of the molecule is COC(=O)[C@@H](N)c1cccnc1Cl.Cl. The van der Waals surface area contributed by atoms with Crippen LogP contribution in [0.3, 0.4) is 0 Å². The van der Waals surface area contributed by atoms with Gasteiger partial charge in [0, 0.05) is 11.8 Å². The van der Waals surface area contributed by atoms with Crippen LogP contribution in [0.25, 0.3) is 0 Å². The fraction of sp³-hybridized carbons (Fsp3) is 0.250. The normalized spacial score (nSPS) is 11.4. The Kier molecular flexibility index (Phi) is 5.45. The molecule has 0 spiro atoms. The number of carbonyl (C=O) groups excluding carboxylic acids is 1. The molecule has 0 saturated carbocycles. The Morgan fingerprint density at radius 2 is 2.36 bits per heavy atom. The first-order valence-corrected chi connectivity index (χ1v) is 3.98. The molecule has 0 amide bonds. The Morgan fingerprint density at radius 3 is 2.86 bits per heavy atom. The molecule has 0 aliphatic carbocycles. The molecule has 6 heteroatoms. The van der Waals surface area contributed by atoms with Crippen LogP contribution in [-0.4, -0.2) is 18.1 Å². The number of halogens is 2. The maximum atomic E-state index is 11.0. The summed E-state index contributed by atoms with van der Waals surface area (Å²) in [6, 6.07) is 2.42. The molecule has 0 bridgehead atoms. The van der Waals surface area contributed by atoms with E-state index in [1.165, 1.54) is 13.3 Å². The zero-order valence-corrected chi connectivity index (χ0v) is 9.01. The van der Waals surface area contributed by atoms with Crippen molar-refractivity contribution in [2.45, 2.75) is 6.04 Å². The highest BCUT2D eigenvalue weighted by molar-refractivity contribution is 6.30. The molecule has 0 aromatic carbocycles. The largest absolute Gasteiger partial charge is 0.468 e. The van der Waals surface area contributed by atoms with Gasteiger partial charge in [-0.15, -0.1) is 12.4 Å². The average Bonchev–Trinajstić information content (AvgIpc) is 2.16. The van der Waals surface area contributed by atoms with Gasteiger partial charge in [0.1, 0.15) is 11.2 Å². The monoisotopic (exact) mass is 236 g/mol. The number of methoxy groups -OCH3 is 1. The maximum Gasteiger partial charge on any atom is 0.327 e. The average molecular weight is 237 g/mol. The van der Waals surface area contributed by atoms with Crippen LogP contribution in [-0.2, 0) is 9.53 Å². The number of pyridine rings is 1. The van der Waals surface area contributed by atoms with Crippen molar-refractivity contribution in [3.63, 3.8) is 0 Å². The zero-order valence-electron chi connectivity index (χ0n) is 7.44. The topological polar surface area (TPSA) is 65.2 Å². The van der Waals surface area contributed by atoms with Crippen LogP contribution >= 0.6 is 24.0 Å². The van der Waals surface area contributed by atoms with E-state index < -0.39 is 12.0 Å². The van der Waals surface area contributed by atoms with Crippen molar-refractivity contribution < 1.29 is 9.53 Å². The third-order valence-corrected chi connectivity index (χ3v) is 1.89. The summed E-state index contributed by atoms with van der Waals surface area (Å²) in [6.07, 6.45) is 1.52. The molecule has 0 radical (unpaired) electrons. The number of nitrogens with two attached hydrogens (primary N) is 1. The van der Waals surface area contributed by atoms with E-state index in [-0.39, 0.29) is 17.6 Å². The number of aromatic nitrogens is 1. The predicted molar refractivity (Wildman–Crippen MR) is 55.4 cm³/mol. The van der Waals surface area contributed by atoms with Crippen molar-refractivity contribution in [2.75, 3.05) is 7.11 Å². The van der Waals surface area contributed by atoms with E-state index in [0.29, 0.717) is 5.56 Å². The molecule has 78 valence electrons. The molecule has 4 nitrogen and oxygen atoms in total. The molecule has 0 saturated heterocycles. The first kappa shape index (κ1) is 13.2. The zero-order chi connectivity index (χ0) is 9.84. The van der Waals surface area contributed by atoms with Gasteiger partial charge < -0.3 is 10.5 Å². The van der Waals surface area contributed by atoms with Gasteiger partial charge in [0.15, 0.2) is 0 Å². The van der Waals surface area contributed by atoms with Crippen molar-refractivity contribution in [3.8, 4) is 0 Å². The third kappa shape index (κ3) is 2.83. The molecule has 0 unspecified atom stereocenters. The highest BCUT2D eigenvalue weighted by atomic mass is 35.5. The molecular formula is C8H10Cl2N2O2. The molecule has 0 aliphatic rings. The minimum absolute atomic E-state index is 0. The van der Waals surface area contributed by atoms with E-state index in [2.05, 4.69) is 9.72 Å². The van der Waals surface area contributed by atoms with Crippen LogP contribution in [0.4, 0.5) is 0 Å². The van der Waals surface area contributed by atoms with Crippen LogP contribution in [0.15, 0.2) is 18.3 Å². The standard InChI is InChI=1S/C8H9ClN2O2.ClH/c1-13-8(12)6(10)5-3-2-4-11-7(5)9;/h2-4,6H,10H2,1H3;1H/t6-;/m0./s1. The summed E-state index contributed by atoms with van der Waals surface area (Å²) >= 11 is 5.72. The summed E-state index contributed by atoms with van der Waals surface area (Å²) < 4.78 is 4.47. The summed E-state index contributed by atoms with van der Waals surface area (Å²) in [6.45, 7) is 0. The van der Waals surface area contributed by atoms with E-state index in [4.69, 9.17) is 17.3 Å². The highest BCUT2D eigenvalue weighted by Crippen LogP contribution is 2.18. The van der Waals surface area contributed by atoms with Gasteiger partial charge in [-0.05, 0) is 6.07 Å².